The zero-order valence-electron chi connectivity index (χ0n) is 21.1. The number of phenols is 1. The highest BCUT2D eigenvalue weighted by Crippen LogP contribution is 2.32. The lowest BCUT2D eigenvalue weighted by molar-refractivity contribution is -0.139. The fourth-order valence-corrected chi connectivity index (χ4v) is 4.50. The number of aliphatic hydroxyl groups excluding tert-OH is 1. The number of benzene rings is 3. The first kappa shape index (κ1) is 28.8. The maximum absolute atomic E-state index is 11.6. The van der Waals surface area contributed by atoms with Crippen molar-refractivity contribution in [2.75, 3.05) is 31.2 Å². The van der Waals surface area contributed by atoms with Gasteiger partial charge in [0.25, 0.3) is 0 Å². The number of sulfonamides is 1. The van der Waals surface area contributed by atoms with Gasteiger partial charge >= 0.3 is 5.97 Å². The van der Waals surface area contributed by atoms with E-state index in [2.05, 4.69) is 10.0 Å². The van der Waals surface area contributed by atoms with Crippen LogP contribution >= 0.6 is 0 Å². The predicted octanol–water partition coefficient (Wildman–Crippen LogP) is 2.71. The lowest BCUT2D eigenvalue weighted by Crippen LogP contribution is -2.32. The van der Waals surface area contributed by atoms with E-state index in [-0.39, 0.29) is 30.4 Å². The average molecular weight is 545 g/mol. The molecular formula is C27H32N2O8S. The van der Waals surface area contributed by atoms with Crippen molar-refractivity contribution in [2.45, 2.75) is 25.0 Å². The van der Waals surface area contributed by atoms with Crippen LogP contribution in [0.25, 0.3) is 0 Å². The van der Waals surface area contributed by atoms with Gasteiger partial charge in [-0.15, -0.1) is 0 Å². The quantitative estimate of drug-likeness (QED) is 0.193. The van der Waals surface area contributed by atoms with Crippen LogP contribution in [-0.4, -0.2) is 62.3 Å². The van der Waals surface area contributed by atoms with Crippen LogP contribution in [0.15, 0.2) is 66.7 Å². The number of carboxylic acids is 1. The number of hydrogen-bond donors (Lipinski definition) is 5. The number of anilines is 1. The third kappa shape index (κ3) is 8.94. The molecule has 204 valence electrons. The zero-order chi connectivity index (χ0) is 27.7. The number of hydrogen-bond acceptors (Lipinski definition) is 8. The van der Waals surface area contributed by atoms with E-state index in [0.717, 1.165) is 17.4 Å². The van der Waals surface area contributed by atoms with Gasteiger partial charge in [-0.25, -0.2) is 13.2 Å². The lowest BCUT2D eigenvalue weighted by atomic mass is 9.97. The summed E-state index contributed by atoms with van der Waals surface area (Å²) < 4.78 is 36.1. The van der Waals surface area contributed by atoms with Crippen LogP contribution in [0.3, 0.4) is 0 Å². The third-order valence-corrected chi connectivity index (χ3v) is 6.24. The van der Waals surface area contributed by atoms with Gasteiger partial charge in [0.15, 0.2) is 18.1 Å². The Labute approximate surface area is 221 Å². The fraction of sp³-hybridized carbons (Fsp3) is 0.296. The topological polar surface area (TPSA) is 154 Å². The van der Waals surface area contributed by atoms with Crippen LogP contribution in [0, 0.1) is 0 Å². The van der Waals surface area contributed by atoms with Crippen LogP contribution in [0.4, 0.5) is 5.69 Å². The number of phenolic OH excluding ortho intramolecular Hbond substituents is 1. The van der Waals surface area contributed by atoms with Gasteiger partial charge in [0.05, 0.1) is 25.2 Å². The molecule has 0 aliphatic heterocycles. The van der Waals surface area contributed by atoms with E-state index in [1.54, 1.807) is 18.2 Å². The van der Waals surface area contributed by atoms with Gasteiger partial charge in [-0.2, -0.15) is 0 Å². The number of rotatable bonds is 14. The van der Waals surface area contributed by atoms with E-state index in [1.165, 1.54) is 19.2 Å². The summed E-state index contributed by atoms with van der Waals surface area (Å²) >= 11 is 0. The molecule has 0 aliphatic carbocycles. The molecule has 3 aromatic rings. The number of aliphatic hydroxyl groups is 1. The van der Waals surface area contributed by atoms with E-state index in [4.69, 9.17) is 14.6 Å². The molecule has 0 bridgehead atoms. The van der Waals surface area contributed by atoms with Gasteiger partial charge < -0.3 is 30.1 Å². The molecule has 5 N–H and O–H groups in total. The summed E-state index contributed by atoms with van der Waals surface area (Å²) in [6.45, 7) is -0.317. The van der Waals surface area contributed by atoms with Crippen molar-refractivity contribution in [3.05, 3.63) is 83.4 Å². The second-order valence-corrected chi connectivity index (χ2v) is 10.6. The maximum Gasteiger partial charge on any atom is 0.341 e. The fourth-order valence-electron chi connectivity index (χ4n) is 3.93. The molecule has 0 fully saturated rings. The monoisotopic (exact) mass is 544 g/mol. The Kier molecular flexibility index (Phi) is 9.94. The highest BCUT2D eigenvalue weighted by molar-refractivity contribution is 7.92. The molecule has 0 radical (unpaired) electrons. The van der Waals surface area contributed by atoms with E-state index >= 15 is 0 Å². The minimum Gasteiger partial charge on any atom is -0.506 e. The second kappa shape index (κ2) is 13.1. The summed E-state index contributed by atoms with van der Waals surface area (Å²) in [6.07, 6.45) is 0.950. The SMILES string of the molecule is COc1ccc(C(Cc2ccccc2)NC[C@@H](O)Cc2ccc(O)c(NS(C)(=O)=O)c2)cc1OCC(=O)O. The Balaban J connectivity index is 1.77. The summed E-state index contributed by atoms with van der Waals surface area (Å²) in [4.78, 5) is 11.0. The molecule has 3 aromatic carbocycles. The van der Waals surface area contributed by atoms with Crippen molar-refractivity contribution in [1.29, 1.82) is 0 Å². The van der Waals surface area contributed by atoms with Gasteiger partial charge in [-0.3, -0.25) is 4.72 Å². The number of carboxylic acid groups (broad SMARTS) is 1. The Bertz CT molecular complexity index is 1330. The lowest BCUT2D eigenvalue weighted by Gasteiger charge is -2.23. The molecule has 0 spiro atoms. The van der Waals surface area contributed by atoms with Gasteiger partial charge in [-0.1, -0.05) is 42.5 Å². The molecule has 11 heteroatoms. The van der Waals surface area contributed by atoms with Crippen LogP contribution in [0.1, 0.15) is 22.7 Å². The molecule has 3 rings (SSSR count). The molecule has 0 heterocycles. The smallest absolute Gasteiger partial charge is 0.341 e. The van der Waals surface area contributed by atoms with Gasteiger partial charge in [0.2, 0.25) is 10.0 Å². The Hall–Kier alpha value is -3.80. The van der Waals surface area contributed by atoms with Crippen molar-refractivity contribution in [2.24, 2.45) is 0 Å². The number of methoxy groups -OCH3 is 1. The van der Waals surface area contributed by atoms with Crippen molar-refractivity contribution in [3.63, 3.8) is 0 Å². The molecule has 0 aliphatic rings. The number of nitrogens with one attached hydrogen (secondary N) is 2. The molecule has 0 saturated carbocycles. The average Bonchev–Trinajstić information content (AvgIpc) is 2.87. The van der Waals surface area contributed by atoms with E-state index < -0.39 is 28.7 Å². The number of ether oxygens (including phenoxy) is 2. The van der Waals surface area contributed by atoms with Gasteiger partial charge in [0.1, 0.15) is 5.75 Å². The van der Waals surface area contributed by atoms with Crippen molar-refractivity contribution in [1.82, 2.24) is 5.32 Å². The Morgan fingerprint density at radius 2 is 1.71 bits per heavy atom. The third-order valence-electron chi connectivity index (χ3n) is 5.65. The highest BCUT2D eigenvalue weighted by atomic mass is 32.2. The summed E-state index contributed by atoms with van der Waals surface area (Å²) in [5.74, 6) is -0.624. The molecule has 38 heavy (non-hydrogen) atoms. The maximum atomic E-state index is 11.6. The summed E-state index contributed by atoms with van der Waals surface area (Å²) in [5.41, 5.74) is 2.54. The normalized spacial score (nSPS) is 12.9. The first-order valence-electron chi connectivity index (χ1n) is 11.8. The summed E-state index contributed by atoms with van der Waals surface area (Å²) in [6, 6.07) is 19.3. The van der Waals surface area contributed by atoms with Crippen molar-refractivity contribution >= 4 is 21.7 Å². The first-order valence-corrected chi connectivity index (χ1v) is 13.7. The molecule has 0 aromatic heterocycles. The second-order valence-electron chi connectivity index (χ2n) is 8.83. The molecular weight excluding hydrogens is 512 g/mol. The van der Waals surface area contributed by atoms with Crippen LogP contribution in [0.2, 0.25) is 0 Å². The first-order chi connectivity index (χ1) is 18.0. The molecule has 0 saturated heterocycles. The van der Waals surface area contributed by atoms with Gasteiger partial charge in [-0.05, 0) is 53.8 Å². The molecule has 10 nitrogen and oxygen atoms in total. The van der Waals surface area contributed by atoms with Gasteiger partial charge in [0, 0.05) is 12.6 Å². The number of carbonyl (C=O) groups is 1. The minimum atomic E-state index is -3.58. The summed E-state index contributed by atoms with van der Waals surface area (Å²) in [5, 5.41) is 33.1. The number of aromatic hydroxyl groups is 1. The van der Waals surface area contributed by atoms with Crippen LogP contribution in [0.5, 0.6) is 17.2 Å². The summed E-state index contributed by atoms with van der Waals surface area (Å²) in [7, 11) is -2.11. The van der Waals surface area contributed by atoms with Crippen LogP contribution < -0.4 is 19.5 Å². The van der Waals surface area contributed by atoms with E-state index in [1.807, 2.05) is 36.4 Å². The van der Waals surface area contributed by atoms with E-state index in [9.17, 15) is 23.4 Å². The molecule has 1 unspecified atom stereocenters. The van der Waals surface area contributed by atoms with E-state index in [0.29, 0.717) is 23.5 Å². The number of aliphatic carboxylic acids is 1. The Morgan fingerprint density at radius 1 is 0.974 bits per heavy atom. The standard InChI is InChI=1S/C27H32N2O8S/c1-36-25-11-9-20(15-26(25)37-17-27(32)33)22(13-18-6-4-3-5-7-18)28-16-21(30)12-19-8-10-24(31)23(14-19)29-38(2,34)35/h3-11,14-15,21-22,28-31H,12-13,16-17H2,1-2H3,(H,32,33)/t21-,22?/m0/s1. The van der Waals surface area contributed by atoms with Crippen molar-refractivity contribution in [3.8, 4) is 17.2 Å². The predicted molar refractivity (Wildman–Crippen MR) is 143 cm³/mol. The zero-order valence-corrected chi connectivity index (χ0v) is 21.9. The molecule has 0 amide bonds. The highest BCUT2D eigenvalue weighted by Gasteiger charge is 2.18. The van der Waals surface area contributed by atoms with Crippen molar-refractivity contribution < 1.29 is 38.0 Å². The Morgan fingerprint density at radius 3 is 2.37 bits per heavy atom. The van der Waals surface area contributed by atoms with Crippen LogP contribution in [-0.2, 0) is 27.7 Å². The molecule has 2 atom stereocenters. The largest absolute Gasteiger partial charge is 0.506 e. The minimum absolute atomic E-state index is 0.0410.